The second kappa shape index (κ2) is 8.54. The quantitative estimate of drug-likeness (QED) is 0.670. The predicted octanol–water partition coefficient (Wildman–Crippen LogP) is 4.55. The molecule has 2 aromatic carbocycles. The van der Waals surface area contributed by atoms with E-state index in [9.17, 15) is 9.59 Å². The van der Waals surface area contributed by atoms with Crippen molar-refractivity contribution >= 4 is 34.1 Å². The van der Waals surface area contributed by atoms with E-state index in [0.717, 1.165) is 35.4 Å². The minimum absolute atomic E-state index is 0.0803. The molecule has 1 N–H and O–H groups in total. The Bertz CT molecular complexity index is 924. The first-order valence-corrected chi connectivity index (χ1v) is 9.36. The number of carbonyl (C=O) groups is 2. The monoisotopic (exact) mass is 363 g/mol. The molecule has 3 rings (SSSR count). The second-order valence-corrected chi connectivity index (χ2v) is 6.41. The van der Waals surface area contributed by atoms with E-state index < -0.39 is 0 Å². The highest BCUT2D eigenvalue weighted by atomic mass is 16.2. The van der Waals surface area contributed by atoms with E-state index >= 15 is 0 Å². The van der Waals surface area contributed by atoms with Gasteiger partial charge in [-0.2, -0.15) is 0 Å². The summed E-state index contributed by atoms with van der Waals surface area (Å²) in [6.45, 7) is 6.12. The number of nitrogens with zero attached hydrogens (tertiary/aromatic N) is 2. The first kappa shape index (κ1) is 18.7. The van der Waals surface area contributed by atoms with Crippen LogP contribution >= 0.6 is 0 Å². The lowest BCUT2D eigenvalue weighted by Gasteiger charge is -2.21. The van der Waals surface area contributed by atoms with E-state index in [1.54, 1.807) is 10.8 Å². The van der Waals surface area contributed by atoms with Gasteiger partial charge in [0.1, 0.15) is 0 Å². The maximum absolute atomic E-state index is 12.4. The van der Waals surface area contributed by atoms with Gasteiger partial charge in [-0.1, -0.05) is 18.2 Å². The van der Waals surface area contributed by atoms with Crippen molar-refractivity contribution in [2.75, 3.05) is 23.3 Å². The first-order valence-electron chi connectivity index (χ1n) is 9.36. The van der Waals surface area contributed by atoms with Crippen molar-refractivity contribution < 1.29 is 9.59 Å². The molecule has 0 aliphatic heterocycles. The molecule has 0 aliphatic carbocycles. The number of anilines is 2. The third kappa shape index (κ3) is 4.37. The molecule has 1 heterocycles. The molecule has 140 valence electrons. The van der Waals surface area contributed by atoms with Crippen molar-refractivity contribution in [3.8, 4) is 0 Å². The van der Waals surface area contributed by atoms with Crippen molar-refractivity contribution in [3.05, 3.63) is 60.8 Å². The molecule has 0 fully saturated rings. The summed E-state index contributed by atoms with van der Waals surface area (Å²) in [6, 6.07) is 17.4. The highest BCUT2D eigenvalue weighted by molar-refractivity contribution is 5.96. The molecule has 5 nitrogen and oxygen atoms in total. The summed E-state index contributed by atoms with van der Waals surface area (Å²) in [4.78, 5) is 26.9. The number of hydrogen-bond acceptors (Lipinski definition) is 3. The summed E-state index contributed by atoms with van der Waals surface area (Å²) in [7, 11) is 0. The van der Waals surface area contributed by atoms with Crippen LogP contribution in [-0.2, 0) is 4.79 Å². The summed E-state index contributed by atoms with van der Waals surface area (Å²) in [6.07, 6.45) is 2.09. The molecular formula is C22H25N3O2. The normalized spacial score (nSPS) is 10.7. The van der Waals surface area contributed by atoms with Gasteiger partial charge >= 0.3 is 0 Å². The molecule has 1 amide bonds. The van der Waals surface area contributed by atoms with Crippen LogP contribution in [0.3, 0.4) is 0 Å². The topological polar surface area (TPSA) is 54.3 Å². The van der Waals surface area contributed by atoms with Gasteiger partial charge in [-0.25, -0.2) is 0 Å². The molecule has 0 spiro atoms. The van der Waals surface area contributed by atoms with Gasteiger partial charge in [-0.3, -0.25) is 14.2 Å². The van der Waals surface area contributed by atoms with Gasteiger partial charge in [0.2, 0.25) is 11.8 Å². The smallest absolute Gasteiger partial charge is 0.231 e. The number of nitrogens with one attached hydrogen (secondary N) is 1. The van der Waals surface area contributed by atoms with Crippen molar-refractivity contribution in [1.29, 1.82) is 0 Å². The fourth-order valence-corrected chi connectivity index (χ4v) is 3.21. The Morgan fingerprint density at radius 3 is 2.33 bits per heavy atom. The highest BCUT2D eigenvalue weighted by Gasteiger charge is 2.11. The van der Waals surface area contributed by atoms with Crippen LogP contribution < -0.4 is 10.2 Å². The van der Waals surface area contributed by atoms with Crippen LogP contribution in [0, 0.1) is 0 Å². The van der Waals surface area contributed by atoms with E-state index in [1.807, 2.05) is 54.6 Å². The molecule has 0 aliphatic rings. The summed E-state index contributed by atoms with van der Waals surface area (Å²) in [5.74, 6) is -0.237. The largest absolute Gasteiger partial charge is 0.372 e. The third-order valence-corrected chi connectivity index (χ3v) is 4.71. The van der Waals surface area contributed by atoms with Crippen molar-refractivity contribution in [3.63, 3.8) is 0 Å². The zero-order valence-corrected chi connectivity index (χ0v) is 15.8. The lowest BCUT2D eigenvalue weighted by Crippen LogP contribution is -2.21. The van der Waals surface area contributed by atoms with Gasteiger partial charge in [0.25, 0.3) is 0 Å². The molecule has 3 aromatic rings. The first-order chi connectivity index (χ1) is 13.1. The van der Waals surface area contributed by atoms with E-state index in [-0.39, 0.29) is 24.7 Å². The lowest BCUT2D eigenvalue weighted by atomic mass is 10.2. The van der Waals surface area contributed by atoms with Crippen LogP contribution in [0.1, 0.15) is 31.5 Å². The Labute approximate surface area is 159 Å². The Kier molecular flexibility index (Phi) is 5.91. The van der Waals surface area contributed by atoms with E-state index in [4.69, 9.17) is 0 Å². The van der Waals surface area contributed by atoms with Crippen LogP contribution in [-0.4, -0.2) is 29.5 Å². The molecule has 0 atom stereocenters. The molecule has 27 heavy (non-hydrogen) atoms. The molecule has 0 saturated carbocycles. The standard InChI is InChI=1S/C22H25N3O2/c1-3-24(4-2)19-11-9-18(10-12-19)23-21(26)13-14-22(27)25-16-15-17-7-5-6-8-20(17)25/h5-12,15-16H,3-4,13-14H2,1-2H3,(H,23,26). The number of amides is 1. The molecule has 5 heteroatoms. The Morgan fingerprint density at radius 2 is 1.63 bits per heavy atom. The van der Waals surface area contributed by atoms with E-state index in [2.05, 4.69) is 24.1 Å². The van der Waals surface area contributed by atoms with Crippen molar-refractivity contribution in [1.82, 2.24) is 4.57 Å². The van der Waals surface area contributed by atoms with Crippen LogP contribution in [0.4, 0.5) is 11.4 Å². The zero-order valence-electron chi connectivity index (χ0n) is 15.8. The fraction of sp³-hybridized carbons (Fsp3) is 0.273. The average molecular weight is 363 g/mol. The SMILES string of the molecule is CCN(CC)c1ccc(NC(=O)CCC(=O)n2ccc3ccccc32)cc1. The molecule has 0 bridgehead atoms. The van der Waals surface area contributed by atoms with Gasteiger partial charge < -0.3 is 10.2 Å². The van der Waals surface area contributed by atoms with Crippen LogP contribution in [0.15, 0.2) is 60.8 Å². The second-order valence-electron chi connectivity index (χ2n) is 6.41. The summed E-state index contributed by atoms with van der Waals surface area (Å²) >= 11 is 0. The third-order valence-electron chi connectivity index (χ3n) is 4.71. The molecule has 0 unspecified atom stereocenters. The number of benzene rings is 2. The van der Waals surface area contributed by atoms with Gasteiger partial charge in [0.05, 0.1) is 5.52 Å². The van der Waals surface area contributed by atoms with Gasteiger partial charge in [0, 0.05) is 48.9 Å². The summed E-state index contributed by atoms with van der Waals surface area (Å²) in [5, 5.41) is 3.88. The van der Waals surface area contributed by atoms with Crippen molar-refractivity contribution in [2.24, 2.45) is 0 Å². The minimum atomic E-state index is -0.157. The number of hydrogen-bond donors (Lipinski definition) is 1. The van der Waals surface area contributed by atoms with E-state index in [0.29, 0.717) is 0 Å². The van der Waals surface area contributed by atoms with Crippen LogP contribution in [0.25, 0.3) is 10.9 Å². The lowest BCUT2D eigenvalue weighted by molar-refractivity contribution is -0.116. The summed E-state index contributed by atoms with van der Waals surface area (Å²) in [5.41, 5.74) is 2.75. The molecule has 1 aromatic heterocycles. The number of aromatic nitrogens is 1. The Balaban J connectivity index is 1.56. The maximum Gasteiger partial charge on any atom is 0.231 e. The van der Waals surface area contributed by atoms with Crippen LogP contribution in [0.2, 0.25) is 0 Å². The Hall–Kier alpha value is -3.08. The molecular weight excluding hydrogens is 338 g/mol. The Morgan fingerprint density at radius 1 is 0.926 bits per heavy atom. The van der Waals surface area contributed by atoms with Gasteiger partial charge in [-0.15, -0.1) is 0 Å². The maximum atomic E-state index is 12.4. The fourth-order valence-electron chi connectivity index (χ4n) is 3.21. The number of para-hydroxylation sites is 1. The number of carbonyl (C=O) groups excluding carboxylic acids is 2. The van der Waals surface area contributed by atoms with Crippen LogP contribution in [0.5, 0.6) is 0 Å². The van der Waals surface area contributed by atoms with E-state index in [1.165, 1.54) is 0 Å². The highest BCUT2D eigenvalue weighted by Crippen LogP contribution is 2.19. The number of rotatable bonds is 7. The number of fused-ring (bicyclic) bond motifs is 1. The van der Waals surface area contributed by atoms with Gasteiger partial charge in [-0.05, 0) is 50.2 Å². The summed E-state index contributed by atoms with van der Waals surface area (Å²) < 4.78 is 1.61. The molecule has 0 saturated heterocycles. The zero-order chi connectivity index (χ0) is 19.2. The predicted molar refractivity (Wildman–Crippen MR) is 110 cm³/mol. The minimum Gasteiger partial charge on any atom is -0.372 e. The average Bonchev–Trinajstić information content (AvgIpc) is 3.12. The molecule has 0 radical (unpaired) electrons. The van der Waals surface area contributed by atoms with Gasteiger partial charge in [0.15, 0.2) is 0 Å². The van der Waals surface area contributed by atoms with Crippen molar-refractivity contribution in [2.45, 2.75) is 26.7 Å².